The smallest absolute Gasteiger partial charge is 0.320 e. The maximum Gasteiger partial charge on any atom is 0.320 e. The van der Waals surface area contributed by atoms with Crippen LogP contribution in [0.25, 0.3) is 5.69 Å². The molecule has 2 amide bonds. The highest BCUT2D eigenvalue weighted by Crippen LogP contribution is 2.14. The SMILES string of the molecule is Cc1ccc(S(=O)(=O)NCNC(=O)Nc2c(C)n(C)n(-c3ccccc3)c2=O)cc1. The van der Waals surface area contributed by atoms with Crippen LogP contribution in [0.2, 0.25) is 0 Å². The molecule has 0 aliphatic carbocycles. The molecule has 2 aromatic carbocycles. The molecular weight excluding hydrogens is 406 g/mol. The highest BCUT2D eigenvalue weighted by molar-refractivity contribution is 7.89. The Balaban J connectivity index is 1.67. The molecule has 0 atom stereocenters. The van der Waals surface area contributed by atoms with Crippen molar-refractivity contribution in [3.05, 3.63) is 76.2 Å². The van der Waals surface area contributed by atoms with Crippen LogP contribution in [-0.2, 0) is 17.1 Å². The minimum atomic E-state index is -3.76. The molecule has 3 N–H and O–H groups in total. The van der Waals surface area contributed by atoms with Crippen LogP contribution in [0, 0.1) is 13.8 Å². The summed E-state index contributed by atoms with van der Waals surface area (Å²) in [7, 11) is -2.05. The number of aryl methyl sites for hydroxylation is 1. The van der Waals surface area contributed by atoms with Crippen LogP contribution < -0.4 is 20.9 Å². The maximum atomic E-state index is 12.8. The molecule has 0 unspecified atom stereocenters. The molecule has 30 heavy (non-hydrogen) atoms. The van der Waals surface area contributed by atoms with Gasteiger partial charge in [-0.25, -0.2) is 17.9 Å². The number of anilines is 1. The number of hydrogen-bond donors (Lipinski definition) is 3. The van der Waals surface area contributed by atoms with Crippen molar-refractivity contribution in [2.45, 2.75) is 18.7 Å². The summed E-state index contributed by atoms with van der Waals surface area (Å²) in [6.45, 7) is 3.23. The van der Waals surface area contributed by atoms with E-state index in [-0.39, 0.29) is 17.3 Å². The summed E-state index contributed by atoms with van der Waals surface area (Å²) in [6, 6.07) is 14.7. The molecular formula is C20H23N5O4S. The predicted octanol–water partition coefficient (Wildman–Crippen LogP) is 1.85. The number of benzene rings is 2. The molecule has 158 valence electrons. The van der Waals surface area contributed by atoms with E-state index in [1.807, 2.05) is 25.1 Å². The molecule has 10 heteroatoms. The fourth-order valence-corrected chi connectivity index (χ4v) is 3.81. The van der Waals surface area contributed by atoms with E-state index in [1.54, 1.807) is 42.9 Å². The second kappa shape index (κ2) is 8.56. The number of amides is 2. The minimum absolute atomic E-state index is 0.0972. The number of sulfonamides is 1. The third-order valence-corrected chi connectivity index (χ3v) is 6.05. The Labute approximate surface area is 174 Å². The number of nitrogens with zero attached hydrogens (tertiary/aromatic N) is 2. The van der Waals surface area contributed by atoms with Gasteiger partial charge in [-0.05, 0) is 38.1 Å². The van der Waals surface area contributed by atoms with E-state index in [9.17, 15) is 18.0 Å². The largest absolute Gasteiger partial charge is 0.324 e. The van der Waals surface area contributed by atoms with Gasteiger partial charge in [-0.2, -0.15) is 4.72 Å². The number of carbonyl (C=O) groups excluding carboxylic acids is 1. The summed E-state index contributed by atoms with van der Waals surface area (Å²) < 4.78 is 29.9. The number of hydrogen-bond acceptors (Lipinski definition) is 4. The second-order valence-corrected chi connectivity index (χ2v) is 8.47. The number of rotatable bonds is 6. The first-order chi connectivity index (χ1) is 14.2. The van der Waals surface area contributed by atoms with E-state index in [4.69, 9.17) is 0 Å². The number of nitrogens with one attached hydrogen (secondary N) is 3. The van der Waals surface area contributed by atoms with E-state index in [2.05, 4.69) is 15.4 Å². The van der Waals surface area contributed by atoms with Crippen molar-refractivity contribution < 1.29 is 13.2 Å². The van der Waals surface area contributed by atoms with Gasteiger partial charge in [0.05, 0.1) is 22.9 Å². The standard InChI is InChI=1S/C20H23N5O4S/c1-14-9-11-17(12-10-14)30(28,29)22-13-21-20(27)23-18-15(2)24(3)25(19(18)26)16-7-5-4-6-8-16/h4-12,22H,13H2,1-3H3,(H2,21,23,27). The highest BCUT2D eigenvalue weighted by atomic mass is 32.2. The first-order valence-electron chi connectivity index (χ1n) is 9.16. The Bertz CT molecular complexity index is 1210. The monoisotopic (exact) mass is 429 g/mol. The van der Waals surface area contributed by atoms with Crippen LogP contribution >= 0.6 is 0 Å². The second-order valence-electron chi connectivity index (χ2n) is 6.71. The van der Waals surface area contributed by atoms with Gasteiger partial charge in [0.2, 0.25) is 10.0 Å². The first kappa shape index (κ1) is 21.3. The van der Waals surface area contributed by atoms with Gasteiger partial charge in [0.15, 0.2) is 0 Å². The Kier molecular flexibility index (Phi) is 6.09. The van der Waals surface area contributed by atoms with E-state index in [1.165, 1.54) is 16.8 Å². The van der Waals surface area contributed by atoms with Crippen molar-refractivity contribution in [1.29, 1.82) is 0 Å². The number of carbonyl (C=O) groups is 1. The van der Waals surface area contributed by atoms with Crippen LogP contribution in [-0.4, -0.2) is 30.5 Å². The van der Waals surface area contributed by atoms with Gasteiger partial charge in [0, 0.05) is 7.05 Å². The summed E-state index contributed by atoms with van der Waals surface area (Å²) in [5.74, 6) is 0. The van der Waals surface area contributed by atoms with Crippen LogP contribution in [0.5, 0.6) is 0 Å². The van der Waals surface area contributed by atoms with Gasteiger partial charge in [0.1, 0.15) is 5.69 Å². The van der Waals surface area contributed by atoms with Gasteiger partial charge in [-0.3, -0.25) is 9.48 Å². The normalized spacial score (nSPS) is 11.3. The van der Waals surface area contributed by atoms with Gasteiger partial charge in [-0.15, -0.1) is 0 Å². The van der Waals surface area contributed by atoms with E-state index in [0.717, 1.165) is 5.56 Å². The summed E-state index contributed by atoms with van der Waals surface area (Å²) in [4.78, 5) is 25.1. The van der Waals surface area contributed by atoms with Gasteiger partial charge in [-0.1, -0.05) is 35.9 Å². The lowest BCUT2D eigenvalue weighted by Crippen LogP contribution is -2.40. The van der Waals surface area contributed by atoms with Crippen molar-refractivity contribution in [2.75, 3.05) is 12.0 Å². The summed E-state index contributed by atoms with van der Waals surface area (Å²) in [5.41, 5.74) is 1.87. The molecule has 3 rings (SSSR count). The molecule has 0 fully saturated rings. The van der Waals surface area contributed by atoms with Crippen molar-refractivity contribution in [3.63, 3.8) is 0 Å². The lowest BCUT2D eigenvalue weighted by molar-refractivity contribution is 0.252. The molecule has 0 spiro atoms. The number of para-hydroxylation sites is 1. The van der Waals surface area contributed by atoms with Crippen LogP contribution in [0.3, 0.4) is 0 Å². The number of aromatic nitrogens is 2. The first-order valence-corrected chi connectivity index (χ1v) is 10.6. The molecule has 3 aromatic rings. The van der Waals surface area contributed by atoms with Crippen molar-refractivity contribution in [1.82, 2.24) is 19.4 Å². The quantitative estimate of drug-likeness (QED) is 0.519. The van der Waals surface area contributed by atoms with Crippen LogP contribution in [0.1, 0.15) is 11.3 Å². The molecule has 0 saturated carbocycles. The molecule has 0 aliphatic heterocycles. The summed E-state index contributed by atoms with van der Waals surface area (Å²) in [5, 5.41) is 4.90. The van der Waals surface area contributed by atoms with Gasteiger partial charge in [0.25, 0.3) is 5.56 Å². The fourth-order valence-electron chi connectivity index (χ4n) is 2.88. The van der Waals surface area contributed by atoms with E-state index >= 15 is 0 Å². The Hall–Kier alpha value is -3.37. The molecule has 1 heterocycles. The third kappa shape index (κ3) is 4.44. The lowest BCUT2D eigenvalue weighted by Gasteiger charge is -2.09. The van der Waals surface area contributed by atoms with Crippen LogP contribution in [0.15, 0.2) is 64.3 Å². The lowest BCUT2D eigenvalue weighted by atomic mass is 10.2. The molecule has 9 nitrogen and oxygen atoms in total. The summed E-state index contributed by atoms with van der Waals surface area (Å²) >= 11 is 0. The van der Waals surface area contributed by atoms with Gasteiger partial charge >= 0.3 is 6.03 Å². The van der Waals surface area contributed by atoms with E-state index < -0.39 is 21.6 Å². The van der Waals surface area contributed by atoms with Gasteiger partial charge < -0.3 is 10.6 Å². The summed E-state index contributed by atoms with van der Waals surface area (Å²) in [6.07, 6.45) is 0. The molecule has 0 aliphatic rings. The Morgan fingerprint density at radius 3 is 2.27 bits per heavy atom. The molecule has 1 aromatic heterocycles. The molecule has 0 saturated heterocycles. The zero-order valence-corrected chi connectivity index (χ0v) is 17.7. The Morgan fingerprint density at radius 1 is 1.00 bits per heavy atom. The minimum Gasteiger partial charge on any atom is -0.324 e. The topological polar surface area (TPSA) is 114 Å². The third-order valence-electron chi connectivity index (χ3n) is 4.64. The Morgan fingerprint density at radius 2 is 1.63 bits per heavy atom. The fraction of sp³-hybridized carbons (Fsp3) is 0.200. The number of urea groups is 1. The average molecular weight is 430 g/mol. The maximum absolute atomic E-state index is 12.8. The predicted molar refractivity (Wildman–Crippen MR) is 114 cm³/mol. The van der Waals surface area contributed by atoms with Crippen LogP contribution in [0.4, 0.5) is 10.5 Å². The van der Waals surface area contributed by atoms with Crippen molar-refractivity contribution in [3.8, 4) is 5.69 Å². The van der Waals surface area contributed by atoms with E-state index in [0.29, 0.717) is 11.4 Å². The average Bonchev–Trinajstić information content (AvgIpc) is 2.92. The zero-order valence-electron chi connectivity index (χ0n) is 16.8. The highest BCUT2D eigenvalue weighted by Gasteiger charge is 2.18. The molecule has 0 bridgehead atoms. The van der Waals surface area contributed by atoms with Crippen molar-refractivity contribution >= 4 is 21.7 Å². The zero-order chi connectivity index (χ0) is 21.9. The molecule has 0 radical (unpaired) electrons. The van der Waals surface area contributed by atoms with Crippen molar-refractivity contribution in [2.24, 2.45) is 7.05 Å².